The summed E-state index contributed by atoms with van der Waals surface area (Å²) in [6, 6.07) is 8.84. The summed E-state index contributed by atoms with van der Waals surface area (Å²) >= 11 is 0. The van der Waals surface area contributed by atoms with Gasteiger partial charge in [-0.25, -0.2) is 14.4 Å². The third-order valence-electron chi connectivity index (χ3n) is 4.15. The average Bonchev–Trinajstić information content (AvgIpc) is 2.78. The lowest BCUT2D eigenvalue weighted by molar-refractivity contribution is -0.274. The monoisotopic (exact) mass is 480 g/mol. The van der Waals surface area contributed by atoms with E-state index in [4.69, 9.17) is 4.74 Å². The molecule has 3 rings (SSSR count). The van der Waals surface area contributed by atoms with Crippen LogP contribution < -0.4 is 25.4 Å². The first-order valence-electron chi connectivity index (χ1n) is 9.93. The normalized spacial score (nSPS) is 11.0. The second-order valence-corrected chi connectivity index (χ2v) is 6.71. The van der Waals surface area contributed by atoms with Crippen molar-refractivity contribution in [1.82, 2.24) is 20.3 Å². The van der Waals surface area contributed by atoms with Crippen LogP contribution in [-0.2, 0) is 0 Å². The third kappa shape index (κ3) is 7.76. The second-order valence-electron chi connectivity index (χ2n) is 6.71. The van der Waals surface area contributed by atoms with E-state index in [1.807, 2.05) is 0 Å². The minimum Gasteiger partial charge on any atom is -0.494 e. The van der Waals surface area contributed by atoms with Gasteiger partial charge in [-0.15, -0.1) is 13.2 Å². The van der Waals surface area contributed by atoms with E-state index >= 15 is 0 Å². The number of benzene rings is 2. The Morgan fingerprint density at radius 2 is 1.74 bits per heavy atom. The van der Waals surface area contributed by atoms with E-state index in [0.717, 1.165) is 18.2 Å². The maximum absolute atomic E-state index is 13.8. The molecule has 0 spiro atoms. The first-order valence-corrected chi connectivity index (χ1v) is 9.93. The van der Waals surface area contributed by atoms with Gasteiger partial charge >= 0.3 is 6.36 Å². The van der Waals surface area contributed by atoms with Crippen molar-refractivity contribution in [3.63, 3.8) is 0 Å². The quantitative estimate of drug-likeness (QED) is 0.296. The van der Waals surface area contributed by atoms with Crippen molar-refractivity contribution in [2.24, 2.45) is 0 Å². The maximum Gasteiger partial charge on any atom is 0.573 e. The van der Waals surface area contributed by atoms with Crippen LogP contribution in [0, 0.1) is 5.82 Å². The van der Waals surface area contributed by atoms with Gasteiger partial charge in [0.1, 0.15) is 23.6 Å². The molecule has 0 saturated carbocycles. The van der Waals surface area contributed by atoms with Crippen molar-refractivity contribution in [3.05, 3.63) is 60.2 Å². The predicted octanol–water partition coefficient (Wildman–Crippen LogP) is 3.89. The van der Waals surface area contributed by atoms with Gasteiger partial charge in [0.15, 0.2) is 0 Å². The number of hydrogen-bond acceptors (Lipinski definition) is 8. The van der Waals surface area contributed by atoms with Gasteiger partial charge in [0.2, 0.25) is 11.9 Å². The summed E-state index contributed by atoms with van der Waals surface area (Å²) in [6.45, 7) is 0.716. The third-order valence-corrected chi connectivity index (χ3v) is 4.15. The van der Waals surface area contributed by atoms with Crippen LogP contribution in [0.1, 0.15) is 16.8 Å². The minimum absolute atomic E-state index is 0.139. The Bertz CT molecular complexity index is 1110. The SMILES string of the molecule is CNC(=O)c1cc(F)cc(Nc2ncnc(NCCCOc3ccc(OC(F)(F)F)cc3)n2)c1. The van der Waals surface area contributed by atoms with Crippen LogP contribution in [0.5, 0.6) is 11.5 Å². The number of carbonyl (C=O) groups is 1. The molecule has 13 heteroatoms. The largest absolute Gasteiger partial charge is 0.573 e. The van der Waals surface area contributed by atoms with Gasteiger partial charge in [-0.05, 0) is 48.9 Å². The van der Waals surface area contributed by atoms with Crippen molar-refractivity contribution >= 4 is 23.5 Å². The summed E-state index contributed by atoms with van der Waals surface area (Å²) in [5.41, 5.74) is 0.427. The molecule has 0 bridgehead atoms. The van der Waals surface area contributed by atoms with Crippen molar-refractivity contribution in [2.45, 2.75) is 12.8 Å². The topological polar surface area (TPSA) is 110 Å². The lowest BCUT2D eigenvalue weighted by Crippen LogP contribution is -2.18. The number of hydrogen-bond donors (Lipinski definition) is 3. The summed E-state index contributed by atoms with van der Waals surface area (Å²) in [5, 5.41) is 8.22. The Balaban J connectivity index is 1.46. The molecule has 2 aromatic carbocycles. The predicted molar refractivity (Wildman–Crippen MR) is 115 cm³/mol. The first kappa shape index (κ1) is 24.5. The Hall–Kier alpha value is -4.16. The Morgan fingerprint density at radius 3 is 2.44 bits per heavy atom. The highest BCUT2D eigenvalue weighted by Crippen LogP contribution is 2.24. The molecule has 0 saturated heterocycles. The number of rotatable bonds is 10. The number of nitrogens with zero attached hydrogens (tertiary/aromatic N) is 3. The molecule has 34 heavy (non-hydrogen) atoms. The van der Waals surface area contributed by atoms with Gasteiger partial charge in [-0.2, -0.15) is 4.98 Å². The fraction of sp³-hybridized carbons (Fsp3) is 0.238. The van der Waals surface area contributed by atoms with Crippen LogP contribution in [0.4, 0.5) is 35.1 Å². The van der Waals surface area contributed by atoms with Crippen LogP contribution in [0.15, 0.2) is 48.8 Å². The molecule has 0 fully saturated rings. The highest BCUT2D eigenvalue weighted by molar-refractivity contribution is 5.95. The van der Waals surface area contributed by atoms with Gasteiger partial charge in [-0.1, -0.05) is 0 Å². The molecule has 3 N–H and O–H groups in total. The maximum atomic E-state index is 13.8. The summed E-state index contributed by atoms with van der Waals surface area (Å²) in [5.74, 6) is -0.569. The fourth-order valence-corrected chi connectivity index (χ4v) is 2.71. The molecule has 0 aliphatic carbocycles. The molecule has 0 radical (unpaired) electrons. The Morgan fingerprint density at radius 1 is 1.03 bits per heavy atom. The van der Waals surface area contributed by atoms with Gasteiger partial charge in [0, 0.05) is 24.8 Å². The van der Waals surface area contributed by atoms with E-state index in [1.165, 1.54) is 37.6 Å². The van der Waals surface area contributed by atoms with Gasteiger partial charge in [0.25, 0.3) is 5.91 Å². The molecule has 1 heterocycles. The summed E-state index contributed by atoms with van der Waals surface area (Å²) in [4.78, 5) is 23.9. The van der Waals surface area contributed by atoms with E-state index in [0.29, 0.717) is 18.7 Å². The smallest absolute Gasteiger partial charge is 0.494 e. The number of carbonyl (C=O) groups excluding carboxylic acids is 1. The van der Waals surface area contributed by atoms with Gasteiger partial charge in [0.05, 0.1) is 6.61 Å². The zero-order chi connectivity index (χ0) is 24.6. The molecule has 3 aromatic rings. The number of anilines is 3. The molecule has 9 nitrogen and oxygen atoms in total. The second kappa shape index (κ2) is 11.1. The molecule has 1 amide bonds. The summed E-state index contributed by atoms with van der Waals surface area (Å²) in [7, 11) is 1.44. The molecule has 0 unspecified atom stereocenters. The number of ether oxygens (including phenoxy) is 2. The molecule has 0 aliphatic rings. The van der Waals surface area contributed by atoms with Crippen LogP contribution in [-0.4, -0.2) is 47.4 Å². The molecule has 180 valence electrons. The molecule has 1 aromatic heterocycles. The number of amides is 1. The lowest BCUT2D eigenvalue weighted by atomic mass is 10.2. The van der Waals surface area contributed by atoms with Gasteiger partial charge in [-0.3, -0.25) is 4.79 Å². The van der Waals surface area contributed by atoms with Gasteiger partial charge < -0.3 is 25.4 Å². The number of halogens is 4. The lowest BCUT2D eigenvalue weighted by Gasteiger charge is -2.11. The number of aromatic nitrogens is 3. The number of alkyl halides is 3. The molecule has 0 aliphatic heterocycles. The molecular formula is C21H20F4N6O3. The molecular weight excluding hydrogens is 460 g/mol. The highest BCUT2D eigenvalue weighted by Gasteiger charge is 2.30. The van der Waals surface area contributed by atoms with Crippen molar-refractivity contribution in [1.29, 1.82) is 0 Å². The van der Waals surface area contributed by atoms with E-state index in [2.05, 4.69) is 35.6 Å². The Kier molecular flexibility index (Phi) is 8.01. The van der Waals surface area contributed by atoms with Crippen LogP contribution >= 0.6 is 0 Å². The van der Waals surface area contributed by atoms with Crippen molar-refractivity contribution in [3.8, 4) is 11.5 Å². The summed E-state index contributed by atoms with van der Waals surface area (Å²) < 4.78 is 59.6. The van der Waals surface area contributed by atoms with E-state index in [-0.39, 0.29) is 35.5 Å². The van der Waals surface area contributed by atoms with E-state index in [9.17, 15) is 22.4 Å². The van der Waals surface area contributed by atoms with Crippen LogP contribution in [0.25, 0.3) is 0 Å². The van der Waals surface area contributed by atoms with Crippen molar-refractivity contribution in [2.75, 3.05) is 30.8 Å². The number of nitrogens with one attached hydrogen (secondary N) is 3. The fourth-order valence-electron chi connectivity index (χ4n) is 2.71. The zero-order valence-electron chi connectivity index (χ0n) is 17.8. The standard InChI is InChI=1S/C21H20F4N6O3/c1-26-18(32)13-9-14(22)11-15(10-13)30-20-29-12-28-19(31-20)27-7-2-8-33-16-3-5-17(6-4-16)34-21(23,24)25/h3-6,9-12H,2,7-8H2,1H3,(H,26,32)(H2,27,28,29,30,31). The first-order chi connectivity index (χ1) is 16.2. The highest BCUT2D eigenvalue weighted by atomic mass is 19.4. The zero-order valence-corrected chi connectivity index (χ0v) is 17.8. The average molecular weight is 480 g/mol. The van der Waals surface area contributed by atoms with E-state index < -0.39 is 18.1 Å². The Labute approximate surface area is 191 Å². The van der Waals surface area contributed by atoms with Crippen molar-refractivity contribution < 1.29 is 31.8 Å². The minimum atomic E-state index is -4.75. The summed E-state index contributed by atoms with van der Waals surface area (Å²) in [6.07, 6.45) is -2.95. The van der Waals surface area contributed by atoms with Crippen LogP contribution in [0.3, 0.4) is 0 Å². The molecule has 0 atom stereocenters. The van der Waals surface area contributed by atoms with Crippen LogP contribution in [0.2, 0.25) is 0 Å². The van der Waals surface area contributed by atoms with E-state index in [1.54, 1.807) is 0 Å².